The van der Waals surface area contributed by atoms with Crippen molar-refractivity contribution in [1.29, 1.82) is 5.26 Å². The Balaban J connectivity index is 2.50. The lowest BCUT2D eigenvalue weighted by atomic mass is 10.2. The first-order chi connectivity index (χ1) is 9.90. The molecule has 1 aromatic carbocycles. The summed E-state index contributed by atoms with van der Waals surface area (Å²) in [6.45, 7) is 2.80. The molecule has 1 aromatic rings. The third-order valence-corrected chi connectivity index (χ3v) is 4.80. The van der Waals surface area contributed by atoms with Crippen LogP contribution in [-0.2, 0) is 14.6 Å². The smallest absolute Gasteiger partial charge is 0.236 e. The molecule has 21 heavy (non-hydrogen) atoms. The van der Waals surface area contributed by atoms with Gasteiger partial charge in [0.1, 0.15) is 0 Å². The summed E-state index contributed by atoms with van der Waals surface area (Å²) in [5.41, 5.74) is 0.417. The lowest BCUT2D eigenvalue weighted by Gasteiger charge is -2.14. The second-order valence-corrected chi connectivity index (χ2v) is 6.65. The molecule has 0 bridgehead atoms. The number of rotatable bonds is 7. The second kappa shape index (κ2) is 7.76. The van der Waals surface area contributed by atoms with Crippen LogP contribution in [0.2, 0.25) is 0 Å². The first-order valence-corrected chi connectivity index (χ1v) is 8.23. The van der Waals surface area contributed by atoms with E-state index >= 15 is 0 Å². The quantitative estimate of drug-likeness (QED) is 0.736. The van der Waals surface area contributed by atoms with Crippen LogP contribution in [0, 0.1) is 11.3 Å². The molecule has 1 rings (SSSR count). The Morgan fingerprint density at radius 1 is 1.33 bits per heavy atom. The summed E-state index contributed by atoms with van der Waals surface area (Å²) in [4.78, 5) is 13.3. The highest BCUT2D eigenvalue weighted by Gasteiger charge is 2.14. The van der Waals surface area contributed by atoms with Crippen LogP contribution in [0.3, 0.4) is 0 Å². The van der Waals surface area contributed by atoms with Crippen molar-refractivity contribution in [3.63, 3.8) is 0 Å². The number of carbonyl (C=O) groups excluding carboxylic acids is 1. The van der Waals surface area contributed by atoms with Crippen LogP contribution in [0.25, 0.3) is 0 Å². The first-order valence-electron chi connectivity index (χ1n) is 6.58. The number of sulfone groups is 1. The van der Waals surface area contributed by atoms with Crippen LogP contribution >= 0.6 is 0 Å². The molecule has 6 nitrogen and oxygen atoms in total. The van der Waals surface area contributed by atoms with Crippen molar-refractivity contribution in [1.82, 2.24) is 10.2 Å². The topological polar surface area (TPSA) is 90.3 Å². The molecule has 0 aromatic heterocycles. The van der Waals surface area contributed by atoms with Crippen molar-refractivity contribution in [3.05, 3.63) is 29.8 Å². The molecule has 0 aliphatic heterocycles. The molecule has 0 aliphatic rings. The normalized spacial score (nSPS) is 10.9. The van der Waals surface area contributed by atoms with Gasteiger partial charge in [-0.3, -0.25) is 4.79 Å². The summed E-state index contributed by atoms with van der Waals surface area (Å²) in [6, 6.07) is 7.72. The van der Waals surface area contributed by atoms with Gasteiger partial charge in [0, 0.05) is 20.1 Å². The van der Waals surface area contributed by atoms with Gasteiger partial charge in [-0.2, -0.15) is 5.26 Å². The van der Waals surface area contributed by atoms with Crippen LogP contribution in [0.1, 0.15) is 12.5 Å². The van der Waals surface area contributed by atoms with Crippen molar-refractivity contribution in [2.45, 2.75) is 11.8 Å². The number of nitriles is 1. The van der Waals surface area contributed by atoms with E-state index in [4.69, 9.17) is 5.26 Å². The molecule has 0 saturated carbocycles. The number of hydrogen-bond acceptors (Lipinski definition) is 5. The van der Waals surface area contributed by atoms with Crippen molar-refractivity contribution < 1.29 is 13.2 Å². The molecule has 0 radical (unpaired) electrons. The number of likely N-dealkylation sites (N-methyl/N-ethyl adjacent to an activating group) is 1. The minimum atomic E-state index is -3.41. The molecule has 0 saturated heterocycles. The molecule has 0 atom stereocenters. The Hall–Kier alpha value is -1.91. The molecule has 0 fully saturated rings. The van der Waals surface area contributed by atoms with Gasteiger partial charge in [0.2, 0.25) is 5.91 Å². The van der Waals surface area contributed by atoms with Crippen LogP contribution in [0.15, 0.2) is 29.2 Å². The number of nitrogens with zero attached hydrogens (tertiary/aromatic N) is 2. The fourth-order valence-electron chi connectivity index (χ4n) is 1.57. The minimum absolute atomic E-state index is 0.0757. The molecule has 0 unspecified atom stereocenters. The maximum Gasteiger partial charge on any atom is 0.236 e. The minimum Gasteiger partial charge on any atom is -0.345 e. The number of hydrogen-bond donors (Lipinski definition) is 1. The highest BCUT2D eigenvalue weighted by atomic mass is 32.2. The van der Waals surface area contributed by atoms with Gasteiger partial charge in [-0.05, 0) is 31.2 Å². The van der Waals surface area contributed by atoms with E-state index in [9.17, 15) is 13.2 Å². The van der Waals surface area contributed by atoms with Crippen LogP contribution in [-0.4, -0.2) is 51.7 Å². The molecule has 114 valence electrons. The van der Waals surface area contributed by atoms with E-state index in [2.05, 4.69) is 5.32 Å². The van der Waals surface area contributed by atoms with Crippen LogP contribution in [0.4, 0.5) is 0 Å². The SMILES string of the molecule is CCN(C)C(=O)CNCCS(=O)(=O)c1ccc(C#N)cc1. The maximum absolute atomic E-state index is 12.0. The molecule has 0 aliphatic carbocycles. The van der Waals surface area contributed by atoms with Crippen LogP contribution < -0.4 is 5.32 Å². The monoisotopic (exact) mass is 309 g/mol. The highest BCUT2D eigenvalue weighted by molar-refractivity contribution is 7.91. The highest BCUT2D eigenvalue weighted by Crippen LogP contribution is 2.11. The number of benzene rings is 1. The predicted molar refractivity (Wildman–Crippen MR) is 79.4 cm³/mol. The molecule has 1 N–H and O–H groups in total. The summed E-state index contributed by atoms with van der Waals surface area (Å²) < 4.78 is 24.1. The van der Waals surface area contributed by atoms with Gasteiger partial charge in [0.15, 0.2) is 9.84 Å². The zero-order chi connectivity index (χ0) is 15.9. The summed E-state index contributed by atoms with van der Waals surface area (Å²) in [6.07, 6.45) is 0. The summed E-state index contributed by atoms with van der Waals surface area (Å²) in [7, 11) is -1.71. The Morgan fingerprint density at radius 2 is 1.95 bits per heavy atom. The number of carbonyl (C=O) groups is 1. The van der Waals surface area contributed by atoms with Gasteiger partial charge in [-0.15, -0.1) is 0 Å². The van der Waals surface area contributed by atoms with Crippen molar-refractivity contribution in [2.24, 2.45) is 0 Å². The molecule has 7 heteroatoms. The average molecular weight is 309 g/mol. The van der Waals surface area contributed by atoms with Crippen LogP contribution in [0.5, 0.6) is 0 Å². The third kappa shape index (κ3) is 5.17. The molecule has 1 amide bonds. The van der Waals surface area contributed by atoms with E-state index < -0.39 is 9.84 Å². The molecular weight excluding hydrogens is 290 g/mol. The van der Waals surface area contributed by atoms with E-state index in [0.717, 1.165) is 0 Å². The molecular formula is C14H19N3O3S. The van der Waals surface area contributed by atoms with E-state index in [-0.39, 0.29) is 29.6 Å². The van der Waals surface area contributed by atoms with Crippen molar-refractivity contribution in [2.75, 3.05) is 32.4 Å². The van der Waals surface area contributed by atoms with Gasteiger partial charge in [-0.25, -0.2) is 8.42 Å². The van der Waals surface area contributed by atoms with Gasteiger partial charge in [0.05, 0.1) is 28.8 Å². The van der Waals surface area contributed by atoms with E-state index in [1.54, 1.807) is 11.9 Å². The summed E-state index contributed by atoms with van der Waals surface area (Å²) in [5.74, 6) is -0.171. The predicted octanol–water partition coefficient (Wildman–Crippen LogP) is 0.400. The standard InChI is InChI=1S/C14H19N3O3S/c1-3-17(2)14(18)11-16-8-9-21(19,20)13-6-4-12(10-15)5-7-13/h4-7,16H,3,8-9,11H2,1-2H3. The Kier molecular flexibility index (Phi) is 6.34. The number of nitrogens with one attached hydrogen (secondary N) is 1. The first kappa shape index (κ1) is 17.1. The van der Waals surface area contributed by atoms with Gasteiger partial charge in [0.25, 0.3) is 0 Å². The second-order valence-electron chi connectivity index (χ2n) is 4.54. The maximum atomic E-state index is 12.0. The van der Waals surface area contributed by atoms with Gasteiger partial charge >= 0.3 is 0 Å². The van der Waals surface area contributed by atoms with Gasteiger partial charge in [-0.1, -0.05) is 0 Å². The Bertz CT molecular complexity index is 618. The lowest BCUT2D eigenvalue weighted by molar-refractivity contribution is -0.128. The zero-order valence-electron chi connectivity index (χ0n) is 12.2. The Labute approximate surface area is 125 Å². The van der Waals surface area contributed by atoms with E-state index in [1.807, 2.05) is 13.0 Å². The largest absolute Gasteiger partial charge is 0.345 e. The van der Waals surface area contributed by atoms with Crippen molar-refractivity contribution in [3.8, 4) is 6.07 Å². The summed E-state index contributed by atoms with van der Waals surface area (Å²) in [5, 5.41) is 11.5. The fourth-order valence-corrected chi connectivity index (χ4v) is 2.77. The van der Waals surface area contributed by atoms with Gasteiger partial charge < -0.3 is 10.2 Å². The lowest BCUT2D eigenvalue weighted by Crippen LogP contribution is -2.37. The summed E-state index contributed by atoms with van der Waals surface area (Å²) >= 11 is 0. The molecule has 0 heterocycles. The average Bonchev–Trinajstić information content (AvgIpc) is 2.50. The van der Waals surface area contributed by atoms with Crippen molar-refractivity contribution >= 4 is 15.7 Å². The third-order valence-electron chi connectivity index (χ3n) is 3.07. The van der Waals surface area contributed by atoms with E-state index in [0.29, 0.717) is 12.1 Å². The van der Waals surface area contributed by atoms with E-state index in [1.165, 1.54) is 24.3 Å². The Morgan fingerprint density at radius 3 is 2.48 bits per heavy atom. The number of amides is 1. The zero-order valence-corrected chi connectivity index (χ0v) is 13.0. The molecule has 0 spiro atoms. The fraction of sp³-hybridized carbons (Fsp3) is 0.429.